The minimum absolute atomic E-state index is 0.138. The SMILES string of the molecule is COc1ccccc1C(=O)c1nc(C)c(C)nc1N. The number of methoxy groups -OCH3 is 1. The van der Waals surface area contributed by atoms with Gasteiger partial charge in [-0.2, -0.15) is 0 Å². The fourth-order valence-electron chi connectivity index (χ4n) is 1.75. The van der Waals surface area contributed by atoms with Gasteiger partial charge in [0.15, 0.2) is 11.5 Å². The van der Waals surface area contributed by atoms with Gasteiger partial charge in [-0.1, -0.05) is 12.1 Å². The van der Waals surface area contributed by atoms with E-state index in [0.717, 1.165) is 0 Å². The fraction of sp³-hybridized carbons (Fsp3) is 0.214. The van der Waals surface area contributed by atoms with E-state index in [-0.39, 0.29) is 17.3 Å². The van der Waals surface area contributed by atoms with Crippen LogP contribution >= 0.6 is 0 Å². The van der Waals surface area contributed by atoms with Crippen molar-refractivity contribution < 1.29 is 9.53 Å². The van der Waals surface area contributed by atoms with Crippen LogP contribution in [0.2, 0.25) is 0 Å². The fourth-order valence-corrected chi connectivity index (χ4v) is 1.75. The number of anilines is 1. The van der Waals surface area contributed by atoms with Crippen LogP contribution in [0.25, 0.3) is 0 Å². The lowest BCUT2D eigenvalue weighted by molar-refractivity contribution is 0.103. The summed E-state index contributed by atoms with van der Waals surface area (Å²) in [5.74, 6) is 0.344. The van der Waals surface area contributed by atoms with Gasteiger partial charge in [0.05, 0.1) is 24.1 Å². The van der Waals surface area contributed by atoms with Gasteiger partial charge < -0.3 is 10.5 Å². The third-order valence-corrected chi connectivity index (χ3v) is 2.90. The largest absolute Gasteiger partial charge is 0.496 e. The lowest BCUT2D eigenvalue weighted by Gasteiger charge is -2.09. The van der Waals surface area contributed by atoms with E-state index < -0.39 is 0 Å². The third kappa shape index (κ3) is 2.40. The predicted molar refractivity (Wildman–Crippen MR) is 72.3 cm³/mol. The second-order valence-electron chi connectivity index (χ2n) is 4.16. The van der Waals surface area contributed by atoms with Gasteiger partial charge >= 0.3 is 0 Å². The number of para-hydroxylation sites is 1. The van der Waals surface area contributed by atoms with Crippen molar-refractivity contribution in [2.24, 2.45) is 0 Å². The first-order chi connectivity index (χ1) is 9.04. The number of nitrogens with two attached hydrogens (primary N) is 1. The van der Waals surface area contributed by atoms with Crippen molar-refractivity contribution in [1.82, 2.24) is 9.97 Å². The summed E-state index contributed by atoms with van der Waals surface area (Å²) in [6.07, 6.45) is 0. The van der Waals surface area contributed by atoms with Crippen molar-refractivity contribution in [3.63, 3.8) is 0 Å². The number of nitrogen functional groups attached to an aromatic ring is 1. The predicted octanol–water partition coefficient (Wildman–Crippen LogP) is 1.92. The molecular formula is C14H15N3O2. The number of rotatable bonds is 3. The Morgan fingerprint density at radius 1 is 1.16 bits per heavy atom. The van der Waals surface area contributed by atoms with Crippen LogP contribution in [0.15, 0.2) is 24.3 Å². The van der Waals surface area contributed by atoms with Gasteiger partial charge in [0.1, 0.15) is 5.75 Å². The second-order valence-corrected chi connectivity index (χ2v) is 4.16. The Bertz CT molecular complexity index is 639. The molecule has 0 aliphatic rings. The minimum atomic E-state index is -0.287. The lowest BCUT2D eigenvalue weighted by Crippen LogP contribution is -2.13. The van der Waals surface area contributed by atoms with Gasteiger partial charge in [-0.3, -0.25) is 4.79 Å². The van der Waals surface area contributed by atoms with Crippen LogP contribution in [-0.4, -0.2) is 22.9 Å². The molecule has 2 N–H and O–H groups in total. The summed E-state index contributed by atoms with van der Waals surface area (Å²) in [5, 5.41) is 0. The summed E-state index contributed by atoms with van der Waals surface area (Å²) in [6.45, 7) is 3.59. The Morgan fingerprint density at radius 2 is 1.79 bits per heavy atom. The minimum Gasteiger partial charge on any atom is -0.496 e. The molecule has 0 saturated heterocycles. The van der Waals surface area contributed by atoms with Crippen molar-refractivity contribution >= 4 is 11.6 Å². The first-order valence-electron chi connectivity index (χ1n) is 5.83. The summed E-state index contributed by atoms with van der Waals surface area (Å²) >= 11 is 0. The number of hydrogen-bond donors (Lipinski definition) is 1. The van der Waals surface area contributed by atoms with Crippen molar-refractivity contribution in [3.05, 3.63) is 46.9 Å². The Morgan fingerprint density at radius 3 is 2.47 bits per heavy atom. The molecule has 5 heteroatoms. The summed E-state index contributed by atoms with van der Waals surface area (Å²) in [7, 11) is 1.52. The number of ketones is 1. The van der Waals surface area contributed by atoms with Gasteiger partial charge in [-0.15, -0.1) is 0 Å². The van der Waals surface area contributed by atoms with Gasteiger partial charge in [0.25, 0.3) is 0 Å². The number of ether oxygens (including phenoxy) is 1. The zero-order valence-electron chi connectivity index (χ0n) is 11.1. The topological polar surface area (TPSA) is 78.1 Å². The summed E-state index contributed by atoms with van der Waals surface area (Å²) in [5.41, 5.74) is 7.77. The second kappa shape index (κ2) is 5.06. The third-order valence-electron chi connectivity index (χ3n) is 2.90. The highest BCUT2D eigenvalue weighted by Gasteiger charge is 2.19. The van der Waals surface area contributed by atoms with Crippen LogP contribution < -0.4 is 10.5 Å². The van der Waals surface area contributed by atoms with E-state index >= 15 is 0 Å². The lowest BCUT2D eigenvalue weighted by atomic mass is 10.1. The van der Waals surface area contributed by atoms with Gasteiger partial charge in [0.2, 0.25) is 5.78 Å². The quantitative estimate of drug-likeness (QED) is 0.850. The summed E-state index contributed by atoms with van der Waals surface area (Å²) in [4.78, 5) is 20.8. The molecule has 0 aliphatic carbocycles. The molecule has 1 heterocycles. The van der Waals surface area contributed by atoms with Crippen LogP contribution in [0.5, 0.6) is 5.75 Å². The molecule has 5 nitrogen and oxygen atoms in total. The van der Waals surface area contributed by atoms with E-state index in [0.29, 0.717) is 22.7 Å². The van der Waals surface area contributed by atoms with Crippen LogP contribution in [0.4, 0.5) is 5.82 Å². The average molecular weight is 257 g/mol. The number of benzene rings is 1. The van der Waals surface area contributed by atoms with E-state index in [1.165, 1.54) is 7.11 Å². The number of hydrogen-bond acceptors (Lipinski definition) is 5. The monoisotopic (exact) mass is 257 g/mol. The molecule has 0 amide bonds. The number of aryl methyl sites for hydroxylation is 2. The number of aromatic nitrogens is 2. The van der Waals surface area contributed by atoms with Crippen LogP contribution in [0.3, 0.4) is 0 Å². The molecule has 0 aliphatic heterocycles. The Labute approximate surface area is 111 Å². The standard InChI is InChI=1S/C14H15N3O2/c1-8-9(2)17-14(15)12(16-8)13(18)10-6-4-5-7-11(10)19-3/h4-7H,1-3H3,(H2,15,17). The van der Waals surface area contributed by atoms with Crippen LogP contribution in [0.1, 0.15) is 27.4 Å². The molecule has 0 bridgehead atoms. The molecule has 0 unspecified atom stereocenters. The van der Waals surface area contributed by atoms with Gasteiger partial charge in [-0.05, 0) is 26.0 Å². The van der Waals surface area contributed by atoms with Crippen molar-refractivity contribution in [2.45, 2.75) is 13.8 Å². The molecule has 1 aromatic heterocycles. The zero-order chi connectivity index (χ0) is 14.0. The molecule has 0 atom stereocenters. The maximum Gasteiger partial charge on any atom is 0.218 e. The number of nitrogens with zero attached hydrogens (tertiary/aromatic N) is 2. The van der Waals surface area contributed by atoms with Gasteiger partial charge in [0, 0.05) is 0 Å². The smallest absolute Gasteiger partial charge is 0.218 e. The number of carbonyl (C=O) groups excluding carboxylic acids is 1. The van der Waals surface area contributed by atoms with Gasteiger partial charge in [-0.25, -0.2) is 9.97 Å². The molecule has 2 rings (SSSR count). The molecule has 0 fully saturated rings. The maximum atomic E-state index is 12.4. The first-order valence-corrected chi connectivity index (χ1v) is 5.83. The van der Waals surface area contributed by atoms with Crippen molar-refractivity contribution in [2.75, 3.05) is 12.8 Å². The number of carbonyl (C=O) groups is 1. The van der Waals surface area contributed by atoms with Crippen molar-refractivity contribution in [1.29, 1.82) is 0 Å². The van der Waals surface area contributed by atoms with Crippen molar-refractivity contribution in [3.8, 4) is 5.75 Å². The van der Waals surface area contributed by atoms with Crippen LogP contribution in [0, 0.1) is 13.8 Å². The first kappa shape index (κ1) is 13.0. The average Bonchev–Trinajstić information content (AvgIpc) is 2.42. The Kier molecular flexibility index (Phi) is 3.46. The molecule has 19 heavy (non-hydrogen) atoms. The molecule has 2 aromatic rings. The molecule has 1 aromatic carbocycles. The Balaban J connectivity index is 2.53. The Hall–Kier alpha value is -2.43. The highest BCUT2D eigenvalue weighted by atomic mass is 16.5. The highest BCUT2D eigenvalue weighted by Crippen LogP contribution is 2.22. The molecule has 0 radical (unpaired) electrons. The molecule has 0 spiro atoms. The highest BCUT2D eigenvalue weighted by molar-refractivity contribution is 6.11. The molecule has 0 saturated carbocycles. The van der Waals surface area contributed by atoms with E-state index in [9.17, 15) is 4.79 Å². The summed E-state index contributed by atoms with van der Waals surface area (Å²) in [6, 6.07) is 6.96. The van der Waals surface area contributed by atoms with E-state index in [1.807, 2.05) is 0 Å². The van der Waals surface area contributed by atoms with E-state index in [4.69, 9.17) is 10.5 Å². The molecular weight excluding hydrogens is 242 g/mol. The normalized spacial score (nSPS) is 10.3. The maximum absolute atomic E-state index is 12.4. The zero-order valence-corrected chi connectivity index (χ0v) is 11.1. The van der Waals surface area contributed by atoms with Crippen LogP contribution in [-0.2, 0) is 0 Å². The van der Waals surface area contributed by atoms with E-state index in [2.05, 4.69) is 9.97 Å². The van der Waals surface area contributed by atoms with E-state index in [1.54, 1.807) is 38.1 Å². The summed E-state index contributed by atoms with van der Waals surface area (Å²) < 4.78 is 5.17. The molecule has 98 valence electrons.